The molecule has 0 bridgehead atoms. The summed E-state index contributed by atoms with van der Waals surface area (Å²) in [6.07, 6.45) is -1.42. The van der Waals surface area contributed by atoms with E-state index in [1.807, 2.05) is 66.7 Å². The monoisotopic (exact) mass is 695 g/mol. The van der Waals surface area contributed by atoms with Crippen LogP contribution in [0.3, 0.4) is 0 Å². The summed E-state index contributed by atoms with van der Waals surface area (Å²) in [7, 11) is 7.58. The van der Waals surface area contributed by atoms with Crippen LogP contribution < -0.4 is 33.7 Å². The van der Waals surface area contributed by atoms with E-state index in [4.69, 9.17) is 37.9 Å². The molecule has 0 unspecified atom stereocenters. The van der Waals surface area contributed by atoms with E-state index < -0.39 is 30.4 Å². The van der Waals surface area contributed by atoms with Crippen molar-refractivity contribution in [2.75, 3.05) is 47.5 Å². The van der Waals surface area contributed by atoms with Gasteiger partial charge in [0.05, 0.1) is 47.6 Å². The smallest absolute Gasteiger partial charge is 0.493 e. The van der Waals surface area contributed by atoms with Gasteiger partial charge in [-0.25, -0.2) is 9.59 Å². The molecule has 13 nitrogen and oxygen atoms in total. The van der Waals surface area contributed by atoms with Gasteiger partial charge in [-0.3, -0.25) is 4.90 Å². The molecule has 13 heteroatoms. The minimum absolute atomic E-state index is 0.0252. The molecule has 1 saturated heterocycles. The Balaban J connectivity index is 1.31. The fourth-order valence-electron chi connectivity index (χ4n) is 6.89. The number of amides is 1. The van der Waals surface area contributed by atoms with Gasteiger partial charge in [0.15, 0.2) is 23.0 Å². The number of rotatable bonds is 11. The van der Waals surface area contributed by atoms with Gasteiger partial charge in [-0.2, -0.15) is 0 Å². The lowest BCUT2D eigenvalue weighted by atomic mass is 9.85. The first-order valence-corrected chi connectivity index (χ1v) is 16.2. The van der Waals surface area contributed by atoms with Crippen LogP contribution >= 0.6 is 0 Å². The van der Waals surface area contributed by atoms with Gasteiger partial charge in [0.2, 0.25) is 11.5 Å². The van der Waals surface area contributed by atoms with Crippen molar-refractivity contribution in [3.8, 4) is 34.5 Å². The first-order valence-electron chi connectivity index (χ1n) is 16.2. The third kappa shape index (κ3) is 6.00. The molecule has 2 aliphatic rings. The molecular formula is C38H37N3O10. The molecule has 0 radical (unpaired) electrons. The highest BCUT2D eigenvalue weighted by Gasteiger charge is 2.51. The molecule has 1 aromatic heterocycles. The van der Waals surface area contributed by atoms with Crippen LogP contribution in [-0.2, 0) is 16.1 Å². The number of anilines is 1. The third-order valence-electron chi connectivity index (χ3n) is 9.14. The lowest BCUT2D eigenvalue weighted by molar-refractivity contribution is 0.0904. The number of H-pyrrole nitrogens is 1. The summed E-state index contributed by atoms with van der Waals surface area (Å²) in [6, 6.07) is 22.8. The maximum Gasteiger partial charge on any atom is 0.514 e. The van der Waals surface area contributed by atoms with Crippen LogP contribution in [-0.4, -0.2) is 70.3 Å². The largest absolute Gasteiger partial charge is 0.514 e. The number of hydrogen-bond acceptors (Lipinski definition) is 11. The maximum atomic E-state index is 13.7. The Labute approximate surface area is 293 Å². The Kier molecular flexibility index (Phi) is 9.09. The number of hydrogen-bond donors (Lipinski definition) is 2. The summed E-state index contributed by atoms with van der Waals surface area (Å²) < 4.78 is 44.9. The van der Waals surface area contributed by atoms with Gasteiger partial charge < -0.3 is 48.2 Å². The zero-order valence-corrected chi connectivity index (χ0v) is 28.7. The fraction of sp³-hybridized carbons (Fsp3) is 0.263. The van der Waals surface area contributed by atoms with Gasteiger partial charge in [-0.05, 0) is 29.3 Å². The SMILES string of the molecule is COc1cc(N[C@@H]2c3c([nH]c4ccccc34)[C@@H](c3cc(OC)c(OC(=O)OCc4ccccc4)c(OC)c3)N3C(=O)OC[C@H]23)cc(OC)c1OC. The number of methoxy groups -OCH3 is 5. The highest BCUT2D eigenvalue weighted by molar-refractivity contribution is 5.88. The normalized spacial score (nSPS) is 17.5. The highest BCUT2D eigenvalue weighted by atomic mass is 16.7. The first kappa shape index (κ1) is 33.3. The van der Waals surface area contributed by atoms with Crippen molar-refractivity contribution in [3.63, 3.8) is 0 Å². The number of fused-ring (bicyclic) bond motifs is 4. The van der Waals surface area contributed by atoms with Crippen molar-refractivity contribution in [1.29, 1.82) is 0 Å². The number of carbonyl (C=O) groups excluding carboxylic acids is 2. The zero-order valence-electron chi connectivity index (χ0n) is 28.7. The van der Waals surface area contributed by atoms with E-state index in [9.17, 15) is 9.59 Å². The third-order valence-corrected chi connectivity index (χ3v) is 9.14. The van der Waals surface area contributed by atoms with Crippen molar-refractivity contribution in [2.24, 2.45) is 0 Å². The summed E-state index contributed by atoms with van der Waals surface area (Å²) in [4.78, 5) is 31.8. The maximum absolute atomic E-state index is 13.7. The van der Waals surface area contributed by atoms with Gasteiger partial charge >= 0.3 is 12.2 Å². The Hall–Kier alpha value is -6.24. The number of aromatic amines is 1. The van der Waals surface area contributed by atoms with E-state index in [-0.39, 0.29) is 30.5 Å². The number of aromatic nitrogens is 1. The van der Waals surface area contributed by atoms with Crippen LogP contribution in [0.4, 0.5) is 15.3 Å². The lowest BCUT2D eigenvalue weighted by Crippen LogP contribution is -2.47. The quantitative estimate of drug-likeness (QED) is 0.109. The van der Waals surface area contributed by atoms with Crippen molar-refractivity contribution < 1.29 is 47.5 Å². The summed E-state index contributed by atoms with van der Waals surface area (Å²) >= 11 is 0. The van der Waals surface area contributed by atoms with E-state index in [2.05, 4.69) is 10.3 Å². The van der Waals surface area contributed by atoms with E-state index >= 15 is 0 Å². The minimum atomic E-state index is -0.928. The van der Waals surface area contributed by atoms with E-state index in [1.54, 1.807) is 38.4 Å². The van der Waals surface area contributed by atoms with Crippen molar-refractivity contribution in [3.05, 3.63) is 101 Å². The van der Waals surface area contributed by atoms with Crippen LogP contribution in [0.5, 0.6) is 34.5 Å². The molecule has 2 aliphatic heterocycles. The second kappa shape index (κ2) is 13.9. The number of nitrogens with one attached hydrogen (secondary N) is 2. The molecule has 51 heavy (non-hydrogen) atoms. The van der Waals surface area contributed by atoms with Crippen LogP contribution in [0, 0.1) is 0 Å². The predicted octanol–water partition coefficient (Wildman–Crippen LogP) is 7.00. The molecule has 3 atom stereocenters. The number of para-hydroxylation sites is 1. The minimum Gasteiger partial charge on any atom is -0.493 e. The Bertz CT molecular complexity index is 2030. The summed E-state index contributed by atoms with van der Waals surface area (Å²) in [5, 5.41) is 4.62. The van der Waals surface area contributed by atoms with Crippen LogP contribution in [0.2, 0.25) is 0 Å². The van der Waals surface area contributed by atoms with Gasteiger partial charge in [-0.1, -0.05) is 48.5 Å². The second-order valence-corrected chi connectivity index (χ2v) is 11.9. The Morgan fingerprint density at radius 2 is 1.45 bits per heavy atom. The van der Waals surface area contributed by atoms with E-state index in [0.717, 1.165) is 27.7 Å². The molecular weight excluding hydrogens is 658 g/mol. The molecule has 4 aromatic carbocycles. The summed E-state index contributed by atoms with van der Waals surface area (Å²) in [5.41, 5.74) is 4.73. The molecule has 7 rings (SSSR count). The molecule has 0 saturated carbocycles. The van der Waals surface area contributed by atoms with Gasteiger partial charge in [0.1, 0.15) is 19.3 Å². The molecule has 2 N–H and O–H groups in total. The van der Waals surface area contributed by atoms with Crippen LogP contribution in [0.25, 0.3) is 10.9 Å². The second-order valence-electron chi connectivity index (χ2n) is 11.9. The number of benzene rings is 4. The Morgan fingerprint density at radius 1 is 0.824 bits per heavy atom. The Morgan fingerprint density at radius 3 is 2.10 bits per heavy atom. The van der Waals surface area contributed by atoms with Crippen LogP contribution in [0.15, 0.2) is 78.9 Å². The average molecular weight is 696 g/mol. The first-order chi connectivity index (χ1) is 24.9. The zero-order chi connectivity index (χ0) is 35.6. The lowest BCUT2D eigenvalue weighted by Gasteiger charge is -2.41. The number of nitrogens with zero attached hydrogens (tertiary/aromatic N) is 1. The molecule has 0 spiro atoms. The van der Waals surface area contributed by atoms with Gasteiger partial charge in [0.25, 0.3) is 0 Å². The molecule has 3 heterocycles. The fourth-order valence-corrected chi connectivity index (χ4v) is 6.89. The average Bonchev–Trinajstić information content (AvgIpc) is 3.74. The standard InChI is InChI=1S/C38H37N3O10/c1-44-27-15-22(16-28(45-2)36(27)51-38(43)50-19-21-11-7-6-8-12-21)34-33-31(24-13-9-10-14-25(24)40-33)32(26-20-49-37(42)41(26)34)39-23-17-29(46-3)35(48-5)30(18-23)47-4/h6-18,26,32,34,39-40H,19-20H2,1-5H3/t26-,32+,34-/m1/s1. The van der Waals surface area contributed by atoms with Gasteiger partial charge in [-0.15, -0.1) is 0 Å². The molecule has 1 amide bonds. The molecule has 1 fully saturated rings. The van der Waals surface area contributed by atoms with E-state index in [1.165, 1.54) is 14.2 Å². The van der Waals surface area contributed by atoms with Gasteiger partial charge in [0, 0.05) is 40.0 Å². The van der Waals surface area contributed by atoms with Crippen molar-refractivity contribution >= 4 is 28.8 Å². The van der Waals surface area contributed by atoms with Crippen LogP contribution in [0.1, 0.15) is 34.5 Å². The summed E-state index contributed by atoms with van der Waals surface area (Å²) in [6.45, 7) is 0.149. The van der Waals surface area contributed by atoms with E-state index in [0.29, 0.717) is 28.5 Å². The number of carbonyl (C=O) groups is 2. The number of cyclic esters (lactones) is 1. The number of ether oxygens (including phenoxy) is 8. The summed E-state index contributed by atoms with van der Waals surface area (Å²) in [5.74, 6) is 1.88. The predicted molar refractivity (Wildman–Crippen MR) is 186 cm³/mol. The topological polar surface area (TPSA) is 139 Å². The molecule has 0 aliphatic carbocycles. The highest BCUT2D eigenvalue weighted by Crippen LogP contribution is 2.51. The molecule has 5 aromatic rings. The van der Waals surface area contributed by atoms with Crippen molar-refractivity contribution in [1.82, 2.24) is 9.88 Å². The van der Waals surface area contributed by atoms with Crippen molar-refractivity contribution in [2.45, 2.75) is 24.7 Å². The molecule has 264 valence electrons.